The van der Waals surface area contributed by atoms with Crippen LogP contribution < -0.4 is 4.80 Å². The van der Waals surface area contributed by atoms with Gasteiger partial charge in [-0.15, -0.1) is 6.58 Å². The molecule has 0 atom stereocenters. The standard InChI is InChI=1S/C18H15BrN2O3S2/c1-3-10-21-15-9-6-13(19)11-16(15)25-18(21)20-17(22)12-4-7-14(8-5-12)26(2,23)24/h3-9,11H,1,10H2,2H3. The normalized spacial score (nSPS) is 12.5. The van der Waals surface area contributed by atoms with Crippen molar-refractivity contribution in [3.63, 3.8) is 0 Å². The van der Waals surface area contributed by atoms with Gasteiger partial charge in [0.2, 0.25) is 0 Å². The minimum absolute atomic E-state index is 0.169. The van der Waals surface area contributed by atoms with Crippen LogP contribution in [0.25, 0.3) is 10.2 Å². The summed E-state index contributed by atoms with van der Waals surface area (Å²) in [6.07, 6.45) is 2.88. The maximum absolute atomic E-state index is 12.5. The third kappa shape index (κ3) is 3.87. The Bertz CT molecular complexity index is 1170. The van der Waals surface area contributed by atoms with Crippen LogP contribution in [-0.4, -0.2) is 25.1 Å². The Hall–Kier alpha value is -2.03. The van der Waals surface area contributed by atoms with Crippen molar-refractivity contribution in [2.24, 2.45) is 4.99 Å². The number of rotatable bonds is 4. The highest BCUT2D eigenvalue weighted by atomic mass is 79.9. The lowest BCUT2D eigenvalue weighted by Crippen LogP contribution is -2.16. The number of allylic oxidation sites excluding steroid dienone is 1. The lowest BCUT2D eigenvalue weighted by Gasteiger charge is -2.01. The zero-order valence-electron chi connectivity index (χ0n) is 13.8. The molecular formula is C18H15BrN2O3S2. The molecule has 134 valence electrons. The number of sulfone groups is 1. The fourth-order valence-corrected chi connectivity index (χ4v) is 4.65. The maximum Gasteiger partial charge on any atom is 0.279 e. The molecule has 5 nitrogen and oxygen atoms in total. The van der Waals surface area contributed by atoms with E-state index in [1.54, 1.807) is 6.08 Å². The smallest absolute Gasteiger partial charge is 0.279 e. The van der Waals surface area contributed by atoms with Crippen molar-refractivity contribution in [1.82, 2.24) is 4.57 Å². The largest absolute Gasteiger partial charge is 0.312 e. The van der Waals surface area contributed by atoms with Crippen LogP contribution in [-0.2, 0) is 16.4 Å². The van der Waals surface area contributed by atoms with Gasteiger partial charge in [-0.05, 0) is 42.5 Å². The second kappa shape index (κ2) is 7.30. The quantitative estimate of drug-likeness (QED) is 0.567. The van der Waals surface area contributed by atoms with Gasteiger partial charge in [-0.3, -0.25) is 4.79 Å². The number of hydrogen-bond donors (Lipinski definition) is 0. The summed E-state index contributed by atoms with van der Waals surface area (Å²) in [5, 5.41) is 0. The molecular weight excluding hydrogens is 436 g/mol. The number of carbonyl (C=O) groups is 1. The van der Waals surface area contributed by atoms with E-state index in [4.69, 9.17) is 0 Å². The molecule has 0 saturated heterocycles. The maximum atomic E-state index is 12.5. The van der Waals surface area contributed by atoms with E-state index in [9.17, 15) is 13.2 Å². The number of hydrogen-bond acceptors (Lipinski definition) is 4. The fourth-order valence-electron chi connectivity index (χ4n) is 2.43. The molecule has 1 amide bonds. The summed E-state index contributed by atoms with van der Waals surface area (Å²) in [5.74, 6) is -0.423. The highest BCUT2D eigenvalue weighted by molar-refractivity contribution is 9.10. The van der Waals surface area contributed by atoms with Crippen molar-refractivity contribution >= 4 is 53.2 Å². The molecule has 0 radical (unpaired) electrons. The van der Waals surface area contributed by atoms with E-state index in [0.29, 0.717) is 16.9 Å². The monoisotopic (exact) mass is 450 g/mol. The number of amides is 1. The predicted octanol–water partition coefficient (Wildman–Crippen LogP) is 3.80. The predicted molar refractivity (Wildman–Crippen MR) is 107 cm³/mol. The van der Waals surface area contributed by atoms with Crippen LogP contribution in [0.4, 0.5) is 0 Å². The third-order valence-corrected chi connectivity index (χ3v) is 6.35. The lowest BCUT2D eigenvalue weighted by atomic mass is 10.2. The van der Waals surface area contributed by atoms with E-state index in [1.165, 1.54) is 35.6 Å². The molecule has 8 heteroatoms. The van der Waals surface area contributed by atoms with Crippen molar-refractivity contribution in [2.75, 3.05) is 6.26 Å². The van der Waals surface area contributed by atoms with Crippen LogP contribution >= 0.6 is 27.3 Å². The molecule has 0 saturated carbocycles. The van der Waals surface area contributed by atoms with Gasteiger partial charge in [-0.1, -0.05) is 33.3 Å². The third-order valence-electron chi connectivity index (χ3n) is 3.68. The van der Waals surface area contributed by atoms with Gasteiger partial charge in [0.05, 0.1) is 15.1 Å². The number of nitrogens with zero attached hydrogens (tertiary/aromatic N) is 2. The Morgan fingerprint density at radius 1 is 1.27 bits per heavy atom. The number of fused-ring (bicyclic) bond motifs is 1. The lowest BCUT2D eigenvalue weighted by molar-refractivity contribution is 0.0998. The molecule has 0 aliphatic carbocycles. The molecule has 3 rings (SSSR count). The van der Waals surface area contributed by atoms with Crippen molar-refractivity contribution in [2.45, 2.75) is 11.4 Å². The van der Waals surface area contributed by atoms with Crippen LogP contribution in [0.2, 0.25) is 0 Å². The summed E-state index contributed by atoms with van der Waals surface area (Å²) in [4.78, 5) is 17.5. The molecule has 0 aliphatic heterocycles. The Kier molecular flexibility index (Phi) is 5.27. The Balaban J connectivity index is 2.07. The second-order valence-electron chi connectivity index (χ2n) is 5.61. The molecule has 0 unspecified atom stereocenters. The van der Waals surface area contributed by atoms with Crippen molar-refractivity contribution < 1.29 is 13.2 Å². The molecule has 0 spiro atoms. The van der Waals surface area contributed by atoms with Gasteiger partial charge in [-0.25, -0.2) is 8.42 Å². The molecule has 26 heavy (non-hydrogen) atoms. The van der Waals surface area contributed by atoms with Gasteiger partial charge < -0.3 is 4.57 Å². The number of benzene rings is 2. The van der Waals surface area contributed by atoms with E-state index in [0.717, 1.165) is 20.9 Å². The first-order chi connectivity index (χ1) is 12.3. The Morgan fingerprint density at radius 3 is 2.58 bits per heavy atom. The van der Waals surface area contributed by atoms with Crippen molar-refractivity contribution in [3.8, 4) is 0 Å². The van der Waals surface area contributed by atoms with E-state index < -0.39 is 15.7 Å². The fraction of sp³-hybridized carbons (Fsp3) is 0.111. The molecule has 1 heterocycles. The first-order valence-electron chi connectivity index (χ1n) is 7.58. The second-order valence-corrected chi connectivity index (χ2v) is 9.55. The molecule has 0 N–H and O–H groups in total. The first kappa shape index (κ1) is 18.8. The van der Waals surface area contributed by atoms with Gasteiger partial charge in [-0.2, -0.15) is 4.99 Å². The van der Waals surface area contributed by atoms with E-state index in [-0.39, 0.29) is 4.90 Å². The van der Waals surface area contributed by atoms with Crippen molar-refractivity contribution in [3.05, 3.63) is 70.0 Å². The molecule has 3 aromatic rings. The molecule has 0 aliphatic rings. The molecule has 1 aromatic heterocycles. The average Bonchev–Trinajstić information content (AvgIpc) is 2.91. The van der Waals surface area contributed by atoms with E-state index in [1.807, 2.05) is 22.8 Å². The van der Waals surface area contributed by atoms with E-state index in [2.05, 4.69) is 27.5 Å². The summed E-state index contributed by atoms with van der Waals surface area (Å²) in [6.45, 7) is 4.29. The molecule has 0 fully saturated rings. The van der Waals surface area contributed by atoms with Gasteiger partial charge >= 0.3 is 0 Å². The minimum Gasteiger partial charge on any atom is -0.312 e. The van der Waals surface area contributed by atoms with Crippen LogP contribution in [0, 0.1) is 0 Å². The highest BCUT2D eigenvalue weighted by Crippen LogP contribution is 2.22. The first-order valence-corrected chi connectivity index (χ1v) is 11.1. The summed E-state index contributed by atoms with van der Waals surface area (Å²) < 4.78 is 26.9. The number of aromatic nitrogens is 1. The summed E-state index contributed by atoms with van der Waals surface area (Å²) >= 11 is 4.86. The van der Waals surface area contributed by atoms with Crippen LogP contribution in [0.5, 0.6) is 0 Å². The van der Waals surface area contributed by atoms with Crippen molar-refractivity contribution in [1.29, 1.82) is 0 Å². The van der Waals surface area contributed by atoms with E-state index >= 15 is 0 Å². The van der Waals surface area contributed by atoms with Gasteiger partial charge in [0.25, 0.3) is 5.91 Å². The topological polar surface area (TPSA) is 68.5 Å². The highest BCUT2D eigenvalue weighted by Gasteiger charge is 2.11. The van der Waals surface area contributed by atoms with Crippen LogP contribution in [0.3, 0.4) is 0 Å². The molecule has 0 bridgehead atoms. The van der Waals surface area contributed by atoms with Gasteiger partial charge in [0, 0.05) is 22.8 Å². The Morgan fingerprint density at radius 2 is 1.96 bits per heavy atom. The zero-order valence-corrected chi connectivity index (χ0v) is 17.1. The van der Waals surface area contributed by atoms with Crippen LogP contribution in [0.1, 0.15) is 10.4 Å². The SMILES string of the molecule is C=CCn1c(=NC(=O)c2ccc(S(C)(=O)=O)cc2)sc2cc(Br)ccc21. The van der Waals surface area contributed by atoms with Crippen LogP contribution in [0.15, 0.2) is 69.5 Å². The summed E-state index contributed by atoms with van der Waals surface area (Å²) in [6, 6.07) is 11.7. The minimum atomic E-state index is -3.30. The number of carbonyl (C=O) groups excluding carboxylic acids is 1. The average molecular weight is 451 g/mol. The van der Waals surface area contributed by atoms with Gasteiger partial charge in [0.15, 0.2) is 14.6 Å². The summed E-state index contributed by atoms with van der Waals surface area (Å²) in [7, 11) is -3.30. The Labute approximate surface area is 163 Å². The zero-order chi connectivity index (χ0) is 18.9. The summed E-state index contributed by atoms with van der Waals surface area (Å²) in [5.41, 5.74) is 1.30. The van der Waals surface area contributed by atoms with Gasteiger partial charge in [0.1, 0.15) is 0 Å². The number of halogens is 1. The molecule has 2 aromatic carbocycles. The number of thiazole rings is 1.